The van der Waals surface area contributed by atoms with Crippen molar-refractivity contribution < 1.29 is 17.9 Å². The molecule has 164 valence electrons. The van der Waals surface area contributed by atoms with Crippen molar-refractivity contribution in [3.63, 3.8) is 0 Å². The summed E-state index contributed by atoms with van der Waals surface area (Å²) in [4.78, 5) is 0. The van der Waals surface area contributed by atoms with Crippen molar-refractivity contribution in [3.05, 3.63) is 89.5 Å². The van der Waals surface area contributed by atoms with Crippen LogP contribution in [0.2, 0.25) is 0 Å². The lowest BCUT2D eigenvalue weighted by atomic mass is 10.1. The number of hydrogen-bond acceptors (Lipinski definition) is 4. The Morgan fingerprint density at radius 2 is 1.69 bits per heavy atom. The Kier molecular flexibility index (Phi) is 6.23. The minimum absolute atomic E-state index is 0.325. The fraction of sp³-hybridized carbons (Fsp3) is 0.167. The summed E-state index contributed by atoms with van der Waals surface area (Å²) in [6.45, 7) is 2.00. The van der Waals surface area contributed by atoms with Gasteiger partial charge in [0.05, 0.1) is 12.7 Å². The standard InChI is InChI=1S/C24H20F3N3OS/c1-16-6-3-4-9-21(16)22-28-29-23(30(22)19-10-12-20(31-2)13-11-19)32-15-17-7-5-8-18(14-17)24(25,26)27/h3-14H,15H2,1-2H3. The van der Waals surface area contributed by atoms with E-state index in [1.807, 2.05) is 60.0 Å². The molecular formula is C24H20F3N3OS. The molecule has 3 aromatic carbocycles. The average Bonchev–Trinajstić information content (AvgIpc) is 3.21. The van der Waals surface area contributed by atoms with Crippen LogP contribution in [-0.2, 0) is 11.9 Å². The molecule has 0 aliphatic rings. The smallest absolute Gasteiger partial charge is 0.416 e. The van der Waals surface area contributed by atoms with Crippen LogP contribution in [0.15, 0.2) is 78.0 Å². The second kappa shape index (κ2) is 9.08. The number of halogens is 3. The molecule has 0 unspecified atom stereocenters. The summed E-state index contributed by atoms with van der Waals surface area (Å²) in [5.41, 5.74) is 2.71. The number of alkyl halides is 3. The van der Waals surface area contributed by atoms with Gasteiger partial charge in [-0.1, -0.05) is 54.2 Å². The van der Waals surface area contributed by atoms with E-state index in [4.69, 9.17) is 4.74 Å². The fourth-order valence-electron chi connectivity index (χ4n) is 3.31. The van der Waals surface area contributed by atoms with Gasteiger partial charge in [0.1, 0.15) is 5.75 Å². The van der Waals surface area contributed by atoms with Crippen LogP contribution in [0, 0.1) is 6.92 Å². The first-order chi connectivity index (χ1) is 15.4. The van der Waals surface area contributed by atoms with Crippen molar-refractivity contribution >= 4 is 11.8 Å². The molecule has 1 aromatic heterocycles. The molecule has 1 heterocycles. The minimum atomic E-state index is -4.37. The van der Waals surface area contributed by atoms with E-state index in [2.05, 4.69) is 10.2 Å². The summed E-state index contributed by atoms with van der Waals surface area (Å²) in [5, 5.41) is 9.37. The molecule has 32 heavy (non-hydrogen) atoms. The summed E-state index contributed by atoms with van der Waals surface area (Å²) < 4.78 is 46.4. The first kappa shape index (κ1) is 22.0. The number of thioether (sulfide) groups is 1. The molecule has 4 rings (SSSR count). The lowest BCUT2D eigenvalue weighted by molar-refractivity contribution is -0.137. The predicted molar refractivity (Wildman–Crippen MR) is 119 cm³/mol. The van der Waals surface area contributed by atoms with Crippen LogP contribution in [0.4, 0.5) is 13.2 Å². The number of benzene rings is 3. The van der Waals surface area contributed by atoms with Gasteiger partial charge in [0, 0.05) is 17.0 Å². The molecule has 0 N–H and O–H groups in total. The van der Waals surface area contributed by atoms with Crippen LogP contribution in [0.3, 0.4) is 0 Å². The monoisotopic (exact) mass is 455 g/mol. The Morgan fingerprint density at radius 3 is 2.38 bits per heavy atom. The summed E-state index contributed by atoms with van der Waals surface area (Å²) in [6, 6.07) is 20.7. The fourth-order valence-corrected chi connectivity index (χ4v) is 4.21. The normalized spacial score (nSPS) is 11.5. The molecule has 0 amide bonds. The lowest BCUT2D eigenvalue weighted by Crippen LogP contribution is -2.05. The summed E-state index contributed by atoms with van der Waals surface area (Å²) in [7, 11) is 1.60. The number of aryl methyl sites for hydroxylation is 1. The van der Waals surface area contributed by atoms with Gasteiger partial charge in [-0.15, -0.1) is 10.2 Å². The molecule has 8 heteroatoms. The maximum Gasteiger partial charge on any atom is 0.416 e. The molecule has 0 radical (unpaired) electrons. The van der Waals surface area contributed by atoms with Gasteiger partial charge in [-0.2, -0.15) is 13.2 Å². The topological polar surface area (TPSA) is 39.9 Å². The maximum absolute atomic E-state index is 13.1. The Labute approximate surface area is 188 Å². The highest BCUT2D eigenvalue weighted by atomic mass is 32.2. The van der Waals surface area contributed by atoms with Crippen molar-refractivity contribution in [2.24, 2.45) is 0 Å². The highest BCUT2D eigenvalue weighted by molar-refractivity contribution is 7.98. The third kappa shape index (κ3) is 4.65. The van der Waals surface area contributed by atoms with Crippen molar-refractivity contribution in [2.75, 3.05) is 7.11 Å². The summed E-state index contributed by atoms with van der Waals surface area (Å²) in [5.74, 6) is 1.71. The predicted octanol–water partition coefficient (Wildman–Crippen LogP) is 6.56. The molecule has 0 spiro atoms. The Morgan fingerprint density at radius 1 is 0.938 bits per heavy atom. The van der Waals surface area contributed by atoms with E-state index in [-0.39, 0.29) is 0 Å². The number of rotatable bonds is 6. The van der Waals surface area contributed by atoms with Gasteiger partial charge in [0.15, 0.2) is 11.0 Å². The van der Waals surface area contributed by atoms with Gasteiger partial charge in [0.2, 0.25) is 0 Å². The van der Waals surface area contributed by atoms with E-state index >= 15 is 0 Å². The van der Waals surface area contributed by atoms with E-state index in [0.29, 0.717) is 22.3 Å². The van der Waals surface area contributed by atoms with Crippen LogP contribution < -0.4 is 4.74 Å². The summed E-state index contributed by atoms with van der Waals surface area (Å²) in [6.07, 6.45) is -4.37. The second-order valence-electron chi connectivity index (χ2n) is 7.14. The van der Waals surface area contributed by atoms with Crippen molar-refractivity contribution in [1.82, 2.24) is 14.8 Å². The van der Waals surface area contributed by atoms with E-state index in [9.17, 15) is 13.2 Å². The molecule has 0 fully saturated rings. The van der Waals surface area contributed by atoms with Crippen molar-refractivity contribution in [1.29, 1.82) is 0 Å². The highest BCUT2D eigenvalue weighted by Crippen LogP contribution is 2.33. The molecular weight excluding hydrogens is 435 g/mol. The zero-order valence-electron chi connectivity index (χ0n) is 17.4. The van der Waals surface area contributed by atoms with Crippen LogP contribution in [0.1, 0.15) is 16.7 Å². The van der Waals surface area contributed by atoms with Crippen molar-refractivity contribution in [2.45, 2.75) is 24.0 Å². The lowest BCUT2D eigenvalue weighted by Gasteiger charge is -2.13. The molecule has 4 nitrogen and oxygen atoms in total. The third-order valence-electron chi connectivity index (χ3n) is 4.97. The van der Waals surface area contributed by atoms with Crippen LogP contribution in [0.25, 0.3) is 17.1 Å². The number of nitrogens with zero attached hydrogens (tertiary/aromatic N) is 3. The van der Waals surface area contributed by atoms with Crippen LogP contribution >= 0.6 is 11.8 Å². The zero-order valence-corrected chi connectivity index (χ0v) is 18.2. The maximum atomic E-state index is 13.1. The van der Waals surface area contributed by atoms with Crippen LogP contribution in [0.5, 0.6) is 5.75 Å². The number of aromatic nitrogens is 3. The van der Waals surface area contributed by atoms with E-state index in [1.54, 1.807) is 13.2 Å². The molecule has 0 saturated carbocycles. The highest BCUT2D eigenvalue weighted by Gasteiger charge is 2.30. The Balaban J connectivity index is 1.72. The van der Waals surface area contributed by atoms with E-state index in [0.717, 1.165) is 28.6 Å². The number of ether oxygens (including phenoxy) is 1. The second-order valence-corrected chi connectivity index (χ2v) is 8.08. The Bertz CT molecular complexity index is 1220. The van der Waals surface area contributed by atoms with Crippen molar-refractivity contribution in [3.8, 4) is 22.8 Å². The SMILES string of the molecule is COc1ccc(-n2c(SCc3cccc(C(F)(F)F)c3)nnc2-c2ccccc2C)cc1. The van der Waals surface area contributed by atoms with Gasteiger partial charge < -0.3 is 4.74 Å². The first-order valence-corrected chi connectivity index (χ1v) is 10.8. The molecule has 4 aromatic rings. The zero-order chi connectivity index (χ0) is 22.7. The molecule has 0 saturated heterocycles. The van der Waals surface area contributed by atoms with Gasteiger partial charge >= 0.3 is 6.18 Å². The number of hydrogen-bond donors (Lipinski definition) is 0. The van der Waals surface area contributed by atoms with Gasteiger partial charge in [0.25, 0.3) is 0 Å². The molecule has 0 aliphatic carbocycles. The van der Waals surface area contributed by atoms with Crippen LogP contribution in [-0.4, -0.2) is 21.9 Å². The minimum Gasteiger partial charge on any atom is -0.497 e. The average molecular weight is 456 g/mol. The van der Waals surface area contributed by atoms with E-state index < -0.39 is 11.7 Å². The largest absolute Gasteiger partial charge is 0.497 e. The molecule has 0 bridgehead atoms. The summed E-state index contributed by atoms with van der Waals surface area (Å²) >= 11 is 1.34. The number of methoxy groups -OCH3 is 1. The Hall–Kier alpha value is -3.26. The molecule has 0 aliphatic heterocycles. The van der Waals surface area contributed by atoms with Gasteiger partial charge in [-0.3, -0.25) is 4.57 Å². The quantitative estimate of drug-likeness (QED) is 0.309. The van der Waals surface area contributed by atoms with Gasteiger partial charge in [-0.05, 0) is 48.4 Å². The first-order valence-electron chi connectivity index (χ1n) is 9.81. The van der Waals surface area contributed by atoms with Gasteiger partial charge in [-0.25, -0.2) is 0 Å². The third-order valence-corrected chi connectivity index (χ3v) is 5.97. The van der Waals surface area contributed by atoms with E-state index in [1.165, 1.54) is 23.9 Å². The molecule has 0 atom stereocenters.